The Balaban J connectivity index is 0. The molecule has 0 rings (SSSR count). The maximum atomic E-state index is 11.1. The molecule has 0 aromatic carbocycles. The van der Waals surface area contributed by atoms with E-state index in [1.54, 1.807) is 6.92 Å². The van der Waals surface area contributed by atoms with Crippen molar-refractivity contribution in [1.29, 1.82) is 0 Å². The minimum atomic E-state index is -0.337. The van der Waals surface area contributed by atoms with Crippen LogP contribution in [0.1, 0.15) is 20.8 Å². The molecule has 0 atom stereocenters. The number of carbonyl (C=O) groups is 1. The maximum absolute atomic E-state index is 11.1. The normalized spacial score (nSPS) is 9.25. The molecule has 0 bridgehead atoms. The van der Waals surface area contributed by atoms with Crippen molar-refractivity contribution in [2.24, 2.45) is 5.73 Å². The average Bonchev–Trinajstić information content (AvgIpc) is 2.19. The van der Waals surface area contributed by atoms with Crippen LogP contribution in [0, 0.1) is 0 Å². The third-order valence-corrected chi connectivity index (χ3v) is 1.54. The van der Waals surface area contributed by atoms with Crippen molar-refractivity contribution < 1.29 is 9.53 Å². The number of hydrogen-bond donors (Lipinski definition) is 2. The van der Waals surface area contributed by atoms with Crippen molar-refractivity contribution in [3.8, 4) is 0 Å². The molecule has 3 N–H and O–H groups in total. The summed E-state index contributed by atoms with van der Waals surface area (Å²) in [6.07, 6.45) is 2.62. The highest BCUT2D eigenvalue weighted by molar-refractivity contribution is 5.92. The van der Waals surface area contributed by atoms with Gasteiger partial charge in [0.1, 0.15) is 0 Å². The first-order valence-corrected chi connectivity index (χ1v) is 4.86. The fraction of sp³-hybridized carbons (Fsp3) is 0.417. The monoisotopic (exact) mass is 226 g/mol. The molecule has 0 aliphatic carbocycles. The van der Waals surface area contributed by atoms with Gasteiger partial charge < -0.3 is 15.8 Å². The second-order valence-electron chi connectivity index (χ2n) is 3.79. The van der Waals surface area contributed by atoms with Crippen LogP contribution in [0.15, 0.2) is 37.8 Å². The van der Waals surface area contributed by atoms with Crippen LogP contribution < -0.4 is 11.1 Å². The van der Waals surface area contributed by atoms with Gasteiger partial charge in [-0.05, 0) is 20.8 Å². The fourth-order valence-electron chi connectivity index (χ4n) is 0.533. The zero-order valence-corrected chi connectivity index (χ0v) is 10.4. The first-order valence-electron chi connectivity index (χ1n) is 4.86. The van der Waals surface area contributed by atoms with E-state index in [2.05, 4.69) is 29.8 Å². The number of nitrogens with two attached hydrogens (primary N) is 1. The van der Waals surface area contributed by atoms with Gasteiger partial charge in [0, 0.05) is 17.7 Å². The van der Waals surface area contributed by atoms with E-state index in [1.807, 2.05) is 13.8 Å². The minimum Gasteiger partial charge on any atom is -0.474 e. The number of rotatable bonds is 5. The van der Waals surface area contributed by atoms with Crippen LogP contribution >= 0.6 is 0 Å². The van der Waals surface area contributed by atoms with Crippen LogP contribution in [-0.4, -0.2) is 18.0 Å². The van der Waals surface area contributed by atoms with Crippen LogP contribution in [0.4, 0.5) is 0 Å². The molecule has 0 spiro atoms. The SMILES string of the molecule is C=C(C)C(=O)NC(C)(C)CN.C=COC=C. The van der Waals surface area contributed by atoms with E-state index >= 15 is 0 Å². The highest BCUT2D eigenvalue weighted by Gasteiger charge is 2.17. The van der Waals surface area contributed by atoms with Crippen LogP contribution in [0.2, 0.25) is 0 Å². The topological polar surface area (TPSA) is 64.4 Å². The molecule has 0 aliphatic rings. The second-order valence-corrected chi connectivity index (χ2v) is 3.79. The molecule has 0 radical (unpaired) electrons. The molecule has 0 aliphatic heterocycles. The molecule has 0 saturated carbocycles. The Hall–Kier alpha value is -1.55. The Morgan fingerprint density at radius 1 is 1.44 bits per heavy atom. The summed E-state index contributed by atoms with van der Waals surface area (Å²) in [7, 11) is 0. The first kappa shape index (κ1) is 16.9. The molecule has 0 heterocycles. The summed E-state index contributed by atoms with van der Waals surface area (Å²) >= 11 is 0. The van der Waals surface area contributed by atoms with Crippen molar-refractivity contribution in [3.05, 3.63) is 37.8 Å². The molecule has 92 valence electrons. The largest absolute Gasteiger partial charge is 0.474 e. The summed E-state index contributed by atoms with van der Waals surface area (Å²) in [5.41, 5.74) is 5.58. The van der Waals surface area contributed by atoms with E-state index in [-0.39, 0.29) is 11.4 Å². The zero-order valence-electron chi connectivity index (χ0n) is 10.4. The molecule has 0 aromatic rings. The molecule has 0 fully saturated rings. The standard InChI is InChI=1S/C8H16N2O.C4H6O/c1-6(2)7(11)10-8(3,4)5-9;1-3-5-4-2/h1,5,9H2,2-4H3,(H,10,11);3-4H,1-2H2. The summed E-state index contributed by atoms with van der Waals surface area (Å²) in [5, 5.41) is 2.74. The maximum Gasteiger partial charge on any atom is 0.246 e. The lowest BCUT2D eigenvalue weighted by atomic mass is 10.1. The van der Waals surface area contributed by atoms with Crippen LogP contribution in [0.3, 0.4) is 0 Å². The highest BCUT2D eigenvalue weighted by Crippen LogP contribution is 1.99. The van der Waals surface area contributed by atoms with Gasteiger partial charge in [0.25, 0.3) is 0 Å². The van der Waals surface area contributed by atoms with Gasteiger partial charge in [0.05, 0.1) is 12.5 Å². The average molecular weight is 226 g/mol. The summed E-state index contributed by atoms with van der Waals surface area (Å²) in [6.45, 7) is 15.9. The predicted molar refractivity (Wildman–Crippen MR) is 67.6 cm³/mol. The van der Waals surface area contributed by atoms with Gasteiger partial charge in [-0.3, -0.25) is 4.79 Å². The third-order valence-electron chi connectivity index (χ3n) is 1.54. The second kappa shape index (κ2) is 8.73. The lowest BCUT2D eigenvalue weighted by molar-refractivity contribution is -0.118. The molecule has 4 nitrogen and oxygen atoms in total. The summed E-state index contributed by atoms with van der Waals surface area (Å²) in [6, 6.07) is 0. The summed E-state index contributed by atoms with van der Waals surface area (Å²) in [4.78, 5) is 11.1. The van der Waals surface area contributed by atoms with Gasteiger partial charge in [-0.15, -0.1) is 0 Å². The predicted octanol–water partition coefficient (Wildman–Crippen LogP) is 1.71. The van der Waals surface area contributed by atoms with Crippen molar-refractivity contribution in [1.82, 2.24) is 5.32 Å². The van der Waals surface area contributed by atoms with Crippen molar-refractivity contribution >= 4 is 5.91 Å². The molecule has 0 aromatic heterocycles. The molecule has 4 heteroatoms. The number of amides is 1. The molecular formula is C12H22N2O2. The minimum absolute atomic E-state index is 0.138. The van der Waals surface area contributed by atoms with E-state index in [9.17, 15) is 4.79 Å². The van der Waals surface area contributed by atoms with Crippen molar-refractivity contribution in [3.63, 3.8) is 0 Å². The molecule has 0 unspecified atom stereocenters. The van der Waals surface area contributed by atoms with Gasteiger partial charge in [0.2, 0.25) is 5.91 Å². The highest BCUT2D eigenvalue weighted by atomic mass is 16.5. The van der Waals surface area contributed by atoms with Gasteiger partial charge in [-0.25, -0.2) is 0 Å². The number of carbonyl (C=O) groups excluding carboxylic acids is 1. The number of nitrogens with one attached hydrogen (secondary N) is 1. The molecule has 1 amide bonds. The fourth-order valence-corrected chi connectivity index (χ4v) is 0.533. The first-order chi connectivity index (χ1) is 7.30. The van der Waals surface area contributed by atoms with E-state index in [0.29, 0.717) is 12.1 Å². The third kappa shape index (κ3) is 10.5. The smallest absolute Gasteiger partial charge is 0.246 e. The summed E-state index contributed by atoms with van der Waals surface area (Å²) < 4.78 is 4.36. The van der Waals surface area contributed by atoms with Gasteiger partial charge in [0.15, 0.2) is 0 Å². The van der Waals surface area contributed by atoms with E-state index < -0.39 is 0 Å². The summed E-state index contributed by atoms with van der Waals surface area (Å²) in [5.74, 6) is -0.138. The number of hydrogen-bond acceptors (Lipinski definition) is 3. The van der Waals surface area contributed by atoms with Gasteiger partial charge in [-0.2, -0.15) is 0 Å². The Kier molecular flexibility index (Phi) is 9.21. The van der Waals surface area contributed by atoms with Gasteiger partial charge in [-0.1, -0.05) is 19.7 Å². The van der Waals surface area contributed by atoms with Crippen LogP contribution in [0.5, 0.6) is 0 Å². The molecule has 16 heavy (non-hydrogen) atoms. The Morgan fingerprint density at radius 3 is 2.06 bits per heavy atom. The molecular weight excluding hydrogens is 204 g/mol. The van der Waals surface area contributed by atoms with E-state index in [1.165, 1.54) is 12.5 Å². The van der Waals surface area contributed by atoms with Crippen LogP contribution in [0.25, 0.3) is 0 Å². The van der Waals surface area contributed by atoms with Crippen LogP contribution in [-0.2, 0) is 9.53 Å². The Labute approximate surface area is 97.9 Å². The van der Waals surface area contributed by atoms with E-state index in [0.717, 1.165) is 0 Å². The Bertz CT molecular complexity index is 252. The molecule has 0 saturated heterocycles. The number of ether oxygens (including phenoxy) is 1. The lowest BCUT2D eigenvalue weighted by Crippen LogP contribution is -2.49. The van der Waals surface area contributed by atoms with Gasteiger partial charge >= 0.3 is 0 Å². The van der Waals surface area contributed by atoms with Crippen molar-refractivity contribution in [2.45, 2.75) is 26.3 Å². The zero-order chi connectivity index (χ0) is 13.2. The lowest BCUT2D eigenvalue weighted by Gasteiger charge is -2.24. The van der Waals surface area contributed by atoms with E-state index in [4.69, 9.17) is 5.73 Å². The Morgan fingerprint density at radius 2 is 1.88 bits per heavy atom. The van der Waals surface area contributed by atoms with Crippen molar-refractivity contribution in [2.75, 3.05) is 6.54 Å². The quantitative estimate of drug-likeness (QED) is 0.554.